The SMILES string of the molecule is CCS(=O)(=O)N1CCC(C(=O)OCC(=O)NC(Cc2ccccc2)c2ccccc2)CC1. The molecule has 1 aliphatic rings. The molecule has 0 bridgehead atoms. The molecule has 1 amide bonds. The third-order valence-corrected chi connectivity index (χ3v) is 7.59. The summed E-state index contributed by atoms with van der Waals surface area (Å²) < 4.78 is 30.6. The number of ether oxygens (including phenoxy) is 1. The summed E-state index contributed by atoms with van der Waals surface area (Å²) in [6.45, 7) is 1.85. The summed E-state index contributed by atoms with van der Waals surface area (Å²) in [4.78, 5) is 25.0. The molecule has 1 unspecified atom stereocenters. The highest BCUT2D eigenvalue weighted by atomic mass is 32.2. The van der Waals surface area contributed by atoms with Crippen molar-refractivity contribution in [3.05, 3.63) is 71.8 Å². The molecular weight excluding hydrogens is 428 g/mol. The van der Waals surface area contributed by atoms with Crippen molar-refractivity contribution in [2.24, 2.45) is 5.92 Å². The number of benzene rings is 2. The van der Waals surface area contributed by atoms with Gasteiger partial charge in [0.2, 0.25) is 10.0 Å². The Hall–Kier alpha value is -2.71. The number of esters is 1. The van der Waals surface area contributed by atoms with E-state index in [-0.39, 0.29) is 30.2 Å². The maximum absolute atomic E-state index is 12.6. The van der Waals surface area contributed by atoms with E-state index in [1.165, 1.54) is 4.31 Å². The highest BCUT2D eigenvalue weighted by molar-refractivity contribution is 7.89. The molecule has 1 N–H and O–H groups in total. The molecule has 2 aromatic rings. The van der Waals surface area contributed by atoms with E-state index in [9.17, 15) is 18.0 Å². The molecule has 1 atom stereocenters. The fourth-order valence-electron chi connectivity index (χ4n) is 3.83. The second-order valence-corrected chi connectivity index (χ2v) is 10.2. The van der Waals surface area contributed by atoms with Crippen molar-refractivity contribution in [3.63, 3.8) is 0 Å². The van der Waals surface area contributed by atoms with Crippen LogP contribution in [0.3, 0.4) is 0 Å². The Morgan fingerprint density at radius 3 is 2.22 bits per heavy atom. The minimum atomic E-state index is -3.24. The molecule has 7 nitrogen and oxygen atoms in total. The van der Waals surface area contributed by atoms with E-state index in [4.69, 9.17) is 4.74 Å². The third kappa shape index (κ3) is 6.64. The standard InChI is InChI=1S/C24H30N2O5S/c1-2-32(29,30)26-15-13-21(14-16-26)24(28)31-18-23(27)25-22(20-11-7-4-8-12-20)17-19-9-5-3-6-10-19/h3-12,21-22H,2,13-18H2,1H3,(H,25,27). The molecule has 32 heavy (non-hydrogen) atoms. The molecule has 1 saturated heterocycles. The molecule has 1 heterocycles. The lowest BCUT2D eigenvalue weighted by Gasteiger charge is -2.29. The zero-order chi connectivity index (χ0) is 23.0. The molecule has 3 rings (SSSR count). The molecule has 0 saturated carbocycles. The summed E-state index contributed by atoms with van der Waals surface area (Å²) >= 11 is 0. The van der Waals surface area contributed by atoms with Crippen molar-refractivity contribution in [1.29, 1.82) is 0 Å². The quantitative estimate of drug-likeness (QED) is 0.583. The summed E-state index contributed by atoms with van der Waals surface area (Å²) in [6, 6.07) is 19.3. The van der Waals surface area contributed by atoms with E-state index in [0.717, 1.165) is 11.1 Å². The van der Waals surface area contributed by atoms with Gasteiger partial charge in [-0.3, -0.25) is 9.59 Å². The van der Waals surface area contributed by atoms with Crippen molar-refractivity contribution in [3.8, 4) is 0 Å². The average molecular weight is 459 g/mol. The van der Waals surface area contributed by atoms with Crippen LogP contribution in [-0.2, 0) is 30.8 Å². The van der Waals surface area contributed by atoms with Crippen LogP contribution in [-0.4, -0.2) is 50.0 Å². The number of amides is 1. The number of hydrogen-bond acceptors (Lipinski definition) is 5. The second-order valence-electron chi connectivity index (χ2n) is 7.90. The van der Waals surface area contributed by atoms with Gasteiger partial charge in [-0.15, -0.1) is 0 Å². The minimum Gasteiger partial charge on any atom is -0.455 e. The lowest BCUT2D eigenvalue weighted by Crippen LogP contribution is -2.41. The van der Waals surface area contributed by atoms with Crippen LogP contribution in [0.5, 0.6) is 0 Å². The summed E-state index contributed by atoms with van der Waals surface area (Å²) in [5.74, 6) is -1.16. The average Bonchev–Trinajstić information content (AvgIpc) is 2.83. The molecule has 0 spiro atoms. The zero-order valence-corrected chi connectivity index (χ0v) is 19.1. The van der Waals surface area contributed by atoms with Gasteiger partial charge in [-0.2, -0.15) is 0 Å². The Balaban J connectivity index is 1.52. The van der Waals surface area contributed by atoms with Crippen LogP contribution in [0.4, 0.5) is 0 Å². The largest absolute Gasteiger partial charge is 0.455 e. The Kier molecular flexibility index (Phi) is 8.41. The molecule has 2 aromatic carbocycles. The normalized spacial score (nSPS) is 16.3. The summed E-state index contributed by atoms with van der Waals surface area (Å²) in [7, 11) is -3.24. The first-order valence-corrected chi connectivity index (χ1v) is 12.5. The van der Waals surface area contributed by atoms with Crippen LogP contribution in [0.15, 0.2) is 60.7 Å². The fraction of sp³-hybridized carbons (Fsp3) is 0.417. The maximum atomic E-state index is 12.6. The Bertz CT molecular complexity index is 988. The number of nitrogens with one attached hydrogen (secondary N) is 1. The summed E-state index contributed by atoms with van der Waals surface area (Å²) in [5.41, 5.74) is 2.06. The van der Waals surface area contributed by atoms with Gasteiger partial charge in [0.25, 0.3) is 5.91 Å². The van der Waals surface area contributed by atoms with Crippen LogP contribution >= 0.6 is 0 Å². The number of carbonyl (C=O) groups is 2. The van der Waals surface area contributed by atoms with Gasteiger partial charge in [0.05, 0.1) is 17.7 Å². The van der Waals surface area contributed by atoms with Crippen molar-refractivity contribution in [1.82, 2.24) is 9.62 Å². The van der Waals surface area contributed by atoms with E-state index >= 15 is 0 Å². The van der Waals surface area contributed by atoms with Crippen LogP contribution in [0.1, 0.15) is 36.9 Å². The van der Waals surface area contributed by atoms with Crippen molar-refractivity contribution >= 4 is 21.9 Å². The van der Waals surface area contributed by atoms with E-state index in [0.29, 0.717) is 32.4 Å². The number of sulfonamides is 1. The van der Waals surface area contributed by atoms with Crippen LogP contribution in [0, 0.1) is 5.92 Å². The lowest BCUT2D eigenvalue weighted by atomic mass is 9.98. The highest BCUT2D eigenvalue weighted by Crippen LogP contribution is 2.21. The van der Waals surface area contributed by atoms with Crippen LogP contribution in [0.25, 0.3) is 0 Å². The lowest BCUT2D eigenvalue weighted by molar-refractivity contribution is -0.153. The van der Waals surface area contributed by atoms with Gasteiger partial charge in [-0.1, -0.05) is 60.7 Å². The summed E-state index contributed by atoms with van der Waals surface area (Å²) in [5, 5.41) is 2.97. The molecule has 1 fully saturated rings. The molecule has 8 heteroatoms. The second kappa shape index (κ2) is 11.2. The van der Waals surface area contributed by atoms with E-state index < -0.39 is 16.0 Å². The van der Waals surface area contributed by atoms with Crippen molar-refractivity contribution < 1.29 is 22.7 Å². The van der Waals surface area contributed by atoms with Gasteiger partial charge in [0, 0.05) is 13.1 Å². The molecule has 1 aliphatic heterocycles. The van der Waals surface area contributed by atoms with E-state index in [1.807, 2.05) is 60.7 Å². The maximum Gasteiger partial charge on any atom is 0.309 e. The van der Waals surface area contributed by atoms with Gasteiger partial charge in [-0.05, 0) is 37.3 Å². The predicted molar refractivity (Wildman–Crippen MR) is 122 cm³/mol. The van der Waals surface area contributed by atoms with Gasteiger partial charge in [0.1, 0.15) is 0 Å². The molecule has 0 aromatic heterocycles. The Morgan fingerprint density at radius 2 is 1.62 bits per heavy atom. The Morgan fingerprint density at radius 1 is 1.03 bits per heavy atom. The molecule has 172 valence electrons. The topological polar surface area (TPSA) is 92.8 Å². The monoisotopic (exact) mass is 458 g/mol. The number of piperidine rings is 1. The van der Waals surface area contributed by atoms with Gasteiger partial charge in [-0.25, -0.2) is 12.7 Å². The van der Waals surface area contributed by atoms with Gasteiger partial charge in [0.15, 0.2) is 6.61 Å². The first-order chi connectivity index (χ1) is 15.4. The molecular formula is C24H30N2O5S. The van der Waals surface area contributed by atoms with Gasteiger partial charge >= 0.3 is 5.97 Å². The van der Waals surface area contributed by atoms with E-state index in [2.05, 4.69) is 5.32 Å². The minimum absolute atomic E-state index is 0.0495. The first-order valence-electron chi connectivity index (χ1n) is 10.9. The zero-order valence-electron chi connectivity index (χ0n) is 18.3. The van der Waals surface area contributed by atoms with Crippen molar-refractivity contribution in [2.75, 3.05) is 25.4 Å². The van der Waals surface area contributed by atoms with E-state index in [1.54, 1.807) is 6.92 Å². The van der Waals surface area contributed by atoms with Crippen LogP contribution in [0.2, 0.25) is 0 Å². The number of nitrogens with zero attached hydrogens (tertiary/aromatic N) is 1. The molecule has 0 aliphatic carbocycles. The number of hydrogen-bond donors (Lipinski definition) is 1. The van der Waals surface area contributed by atoms with Crippen molar-refractivity contribution in [2.45, 2.75) is 32.2 Å². The van der Waals surface area contributed by atoms with Crippen LogP contribution < -0.4 is 5.32 Å². The summed E-state index contributed by atoms with van der Waals surface area (Å²) in [6.07, 6.45) is 1.43. The fourth-order valence-corrected chi connectivity index (χ4v) is 4.96. The number of carbonyl (C=O) groups excluding carboxylic acids is 2. The number of rotatable bonds is 9. The first kappa shape index (κ1) is 23.9. The Labute approximate surface area is 189 Å². The third-order valence-electron chi connectivity index (χ3n) is 5.71. The highest BCUT2D eigenvalue weighted by Gasteiger charge is 2.31. The van der Waals surface area contributed by atoms with Gasteiger partial charge < -0.3 is 10.1 Å². The molecule has 0 radical (unpaired) electrons. The predicted octanol–water partition coefficient (Wildman–Crippen LogP) is 2.69. The smallest absolute Gasteiger partial charge is 0.309 e.